The number of hydrogen-bond acceptors (Lipinski definition) is 4. The van der Waals surface area contributed by atoms with Crippen molar-refractivity contribution in [3.63, 3.8) is 0 Å². The highest BCUT2D eigenvalue weighted by Crippen LogP contribution is 2.20. The summed E-state index contributed by atoms with van der Waals surface area (Å²) in [5.41, 5.74) is 1.19. The van der Waals surface area contributed by atoms with Crippen molar-refractivity contribution in [1.82, 2.24) is 9.21 Å². The third-order valence-corrected chi connectivity index (χ3v) is 5.56. The average Bonchev–Trinajstić information content (AvgIpc) is 2.46. The molecule has 1 aliphatic heterocycles. The van der Waals surface area contributed by atoms with E-state index in [-0.39, 0.29) is 16.9 Å². The van der Waals surface area contributed by atoms with Crippen LogP contribution in [0.5, 0.6) is 0 Å². The molecular weight excluding hydrogens is 304 g/mol. The molecule has 1 aliphatic rings. The molecule has 1 fully saturated rings. The number of carbonyl (C=O) groups excluding carboxylic acids is 1. The van der Waals surface area contributed by atoms with E-state index in [2.05, 4.69) is 0 Å². The third kappa shape index (κ3) is 3.31. The van der Waals surface area contributed by atoms with Crippen LogP contribution in [0.2, 0.25) is 0 Å². The quantitative estimate of drug-likeness (QED) is 0.834. The molecule has 122 valence electrons. The number of aryl methyl sites for hydroxylation is 1. The Balaban J connectivity index is 2.37. The van der Waals surface area contributed by atoms with E-state index in [1.54, 1.807) is 11.0 Å². The summed E-state index contributed by atoms with van der Waals surface area (Å²) in [5.74, 6) is -0.150. The van der Waals surface area contributed by atoms with E-state index in [9.17, 15) is 13.2 Å². The van der Waals surface area contributed by atoms with Crippen molar-refractivity contribution in [1.29, 1.82) is 0 Å². The molecule has 1 aromatic carbocycles. The third-order valence-electron chi connectivity index (χ3n) is 3.75. The van der Waals surface area contributed by atoms with Crippen LogP contribution < -0.4 is 0 Å². The molecule has 2 rings (SSSR count). The number of rotatable bonds is 3. The van der Waals surface area contributed by atoms with E-state index in [1.807, 2.05) is 13.8 Å². The summed E-state index contributed by atoms with van der Waals surface area (Å²) in [6, 6.07) is 4.67. The first-order valence-electron chi connectivity index (χ1n) is 7.17. The second-order valence-electron chi connectivity index (χ2n) is 5.70. The van der Waals surface area contributed by atoms with Gasteiger partial charge in [-0.1, -0.05) is 6.07 Å². The highest BCUT2D eigenvalue weighted by Gasteiger charge is 2.25. The fourth-order valence-corrected chi connectivity index (χ4v) is 3.30. The Morgan fingerprint density at radius 3 is 2.64 bits per heavy atom. The Labute approximate surface area is 131 Å². The first-order chi connectivity index (χ1) is 10.2. The second-order valence-corrected chi connectivity index (χ2v) is 7.85. The molecule has 1 atom stereocenters. The molecule has 22 heavy (non-hydrogen) atoms. The van der Waals surface area contributed by atoms with Gasteiger partial charge in [-0.15, -0.1) is 0 Å². The zero-order valence-electron chi connectivity index (χ0n) is 13.4. The summed E-state index contributed by atoms with van der Waals surface area (Å²) < 4.78 is 31.0. The van der Waals surface area contributed by atoms with Crippen LogP contribution in [0, 0.1) is 6.92 Å². The molecule has 1 saturated heterocycles. The van der Waals surface area contributed by atoms with Gasteiger partial charge in [-0.3, -0.25) is 4.79 Å². The first-order valence-corrected chi connectivity index (χ1v) is 8.61. The summed E-state index contributed by atoms with van der Waals surface area (Å²) in [6.07, 6.45) is -0.00769. The van der Waals surface area contributed by atoms with Crippen molar-refractivity contribution >= 4 is 15.9 Å². The molecule has 0 aromatic heterocycles. The molecule has 0 spiro atoms. The molecule has 0 aliphatic carbocycles. The summed E-state index contributed by atoms with van der Waals surface area (Å²) >= 11 is 0. The number of hydrogen-bond donors (Lipinski definition) is 0. The Morgan fingerprint density at radius 1 is 1.36 bits per heavy atom. The smallest absolute Gasteiger partial charge is 0.254 e. The van der Waals surface area contributed by atoms with Gasteiger partial charge in [0.05, 0.1) is 17.6 Å². The number of amides is 1. The summed E-state index contributed by atoms with van der Waals surface area (Å²) in [4.78, 5) is 14.5. The number of ether oxygens (including phenoxy) is 1. The number of nitrogens with zero attached hydrogens (tertiary/aromatic N) is 2. The SMILES string of the molecule is Cc1ccc(S(=O)(=O)N(C)C)cc1C(=O)N1CCOC(C)C1. The van der Waals surface area contributed by atoms with Gasteiger partial charge < -0.3 is 9.64 Å². The largest absolute Gasteiger partial charge is 0.375 e. The number of sulfonamides is 1. The molecule has 1 amide bonds. The van der Waals surface area contributed by atoms with E-state index in [0.717, 1.165) is 9.87 Å². The lowest BCUT2D eigenvalue weighted by Crippen LogP contribution is -2.44. The van der Waals surface area contributed by atoms with Gasteiger partial charge in [0.1, 0.15) is 0 Å². The van der Waals surface area contributed by atoms with Crippen LogP contribution in [-0.2, 0) is 14.8 Å². The van der Waals surface area contributed by atoms with Crippen LogP contribution in [0.3, 0.4) is 0 Å². The maximum atomic E-state index is 12.7. The van der Waals surface area contributed by atoms with Gasteiger partial charge in [-0.25, -0.2) is 12.7 Å². The molecule has 0 N–H and O–H groups in total. The van der Waals surface area contributed by atoms with Crippen molar-refractivity contribution in [2.24, 2.45) is 0 Å². The van der Waals surface area contributed by atoms with Gasteiger partial charge in [0.15, 0.2) is 0 Å². The molecule has 0 saturated carbocycles. The van der Waals surface area contributed by atoms with Crippen molar-refractivity contribution in [2.75, 3.05) is 33.8 Å². The van der Waals surface area contributed by atoms with E-state index in [0.29, 0.717) is 25.3 Å². The fourth-order valence-electron chi connectivity index (χ4n) is 2.38. The zero-order valence-corrected chi connectivity index (χ0v) is 14.2. The van der Waals surface area contributed by atoms with Crippen molar-refractivity contribution in [3.8, 4) is 0 Å². The van der Waals surface area contributed by atoms with E-state index in [1.165, 1.54) is 26.2 Å². The van der Waals surface area contributed by atoms with Gasteiger partial charge in [0.25, 0.3) is 5.91 Å². The van der Waals surface area contributed by atoms with Gasteiger partial charge >= 0.3 is 0 Å². The molecule has 1 heterocycles. The van der Waals surface area contributed by atoms with Crippen molar-refractivity contribution < 1.29 is 17.9 Å². The zero-order chi connectivity index (χ0) is 16.5. The van der Waals surface area contributed by atoms with E-state index >= 15 is 0 Å². The van der Waals surface area contributed by atoms with Crippen LogP contribution >= 0.6 is 0 Å². The molecule has 6 nitrogen and oxygen atoms in total. The maximum absolute atomic E-state index is 12.7. The second kappa shape index (κ2) is 6.36. The number of morpholine rings is 1. The Kier molecular flexibility index (Phi) is 4.89. The summed E-state index contributed by atoms with van der Waals surface area (Å²) in [6.45, 7) is 5.26. The topological polar surface area (TPSA) is 66.9 Å². The minimum Gasteiger partial charge on any atom is -0.375 e. The normalized spacial score (nSPS) is 19.5. The van der Waals surface area contributed by atoms with Crippen LogP contribution in [0.15, 0.2) is 23.1 Å². The minimum atomic E-state index is -3.55. The highest BCUT2D eigenvalue weighted by molar-refractivity contribution is 7.89. The average molecular weight is 326 g/mol. The van der Waals surface area contributed by atoms with Gasteiger partial charge in [-0.2, -0.15) is 0 Å². The minimum absolute atomic E-state index is 0.00769. The maximum Gasteiger partial charge on any atom is 0.254 e. The molecule has 7 heteroatoms. The molecule has 0 radical (unpaired) electrons. The standard InChI is InChI=1S/C15H22N2O4S/c1-11-5-6-13(22(19,20)16(3)4)9-14(11)15(18)17-7-8-21-12(2)10-17/h5-6,9,12H,7-8,10H2,1-4H3. The predicted octanol–water partition coefficient (Wildman–Crippen LogP) is 1.11. The van der Waals surface area contributed by atoms with Crippen molar-refractivity contribution in [3.05, 3.63) is 29.3 Å². The Hall–Kier alpha value is -1.44. The Bertz CT molecular complexity index is 670. The van der Waals surface area contributed by atoms with Crippen LogP contribution in [0.25, 0.3) is 0 Å². The Morgan fingerprint density at radius 2 is 2.05 bits per heavy atom. The lowest BCUT2D eigenvalue weighted by molar-refractivity contribution is -0.0124. The molecule has 1 aromatic rings. The molecule has 0 bridgehead atoms. The predicted molar refractivity (Wildman–Crippen MR) is 83.4 cm³/mol. The lowest BCUT2D eigenvalue weighted by atomic mass is 10.1. The van der Waals surface area contributed by atoms with Crippen LogP contribution in [0.1, 0.15) is 22.8 Å². The summed E-state index contributed by atoms with van der Waals surface area (Å²) in [7, 11) is -0.608. The molecular formula is C15H22N2O4S. The highest BCUT2D eigenvalue weighted by atomic mass is 32.2. The van der Waals surface area contributed by atoms with Gasteiger partial charge in [-0.05, 0) is 31.5 Å². The lowest BCUT2D eigenvalue weighted by Gasteiger charge is -2.31. The van der Waals surface area contributed by atoms with E-state index < -0.39 is 10.0 Å². The van der Waals surface area contributed by atoms with Gasteiger partial charge in [0.2, 0.25) is 10.0 Å². The van der Waals surface area contributed by atoms with Crippen molar-refractivity contribution in [2.45, 2.75) is 24.8 Å². The monoisotopic (exact) mass is 326 g/mol. The van der Waals surface area contributed by atoms with Crippen LogP contribution in [0.4, 0.5) is 0 Å². The number of benzene rings is 1. The first kappa shape index (κ1) is 16.9. The van der Waals surface area contributed by atoms with Gasteiger partial charge in [0, 0.05) is 32.7 Å². The fraction of sp³-hybridized carbons (Fsp3) is 0.533. The van der Waals surface area contributed by atoms with Crippen LogP contribution in [-0.4, -0.2) is 63.4 Å². The van der Waals surface area contributed by atoms with E-state index in [4.69, 9.17) is 4.74 Å². The summed E-state index contributed by atoms with van der Waals surface area (Å²) in [5, 5.41) is 0. The molecule has 1 unspecified atom stereocenters. The number of carbonyl (C=O) groups is 1.